The number of hydrogen-bond donors (Lipinski definition) is 1. The van der Waals surface area contributed by atoms with Gasteiger partial charge in [0, 0.05) is 0 Å². The van der Waals surface area contributed by atoms with Crippen LogP contribution in [-0.4, -0.2) is 19.3 Å². The summed E-state index contributed by atoms with van der Waals surface area (Å²) in [6, 6.07) is 0. The van der Waals surface area contributed by atoms with Crippen LogP contribution in [0.5, 0.6) is 0 Å². The molecule has 0 aromatic carbocycles. The Morgan fingerprint density at radius 1 is 1.50 bits per heavy atom. The average molecular weight is 231 g/mol. The molecular formula is C10H16O2PS+. The number of hydrogen-bond acceptors (Lipinski definition) is 3. The first-order chi connectivity index (χ1) is 6.76. The molecule has 0 radical (unpaired) electrons. The molecule has 0 aliphatic rings. The molecule has 0 aliphatic heterocycles. The maximum Gasteiger partial charge on any atom is 0.286 e. The Kier molecular flexibility index (Phi) is 8.75. The molecule has 0 spiro atoms. The van der Waals surface area contributed by atoms with Gasteiger partial charge in [-0.25, -0.2) is 0 Å². The summed E-state index contributed by atoms with van der Waals surface area (Å²) in [6.45, 7) is 1.96. The fourth-order valence-electron chi connectivity index (χ4n) is 0.746. The monoisotopic (exact) mass is 231 g/mol. The Labute approximate surface area is 92.2 Å². The fraction of sp³-hybridized carbons (Fsp3) is 0.300. The maximum absolute atomic E-state index is 5.29. The molecule has 1 atom stereocenters. The van der Waals surface area contributed by atoms with Crippen LogP contribution in [0.4, 0.5) is 0 Å². The van der Waals surface area contributed by atoms with Crippen molar-refractivity contribution in [3.8, 4) is 0 Å². The largest absolute Gasteiger partial charge is 0.504 e. The zero-order chi connectivity index (χ0) is 10.8. The van der Waals surface area contributed by atoms with Crippen LogP contribution in [0, 0.1) is 0 Å². The molecule has 0 aromatic rings. The fourth-order valence-corrected chi connectivity index (χ4v) is 1.99. The summed E-state index contributed by atoms with van der Waals surface area (Å²) in [5.74, 6) is 0.397. The van der Waals surface area contributed by atoms with Gasteiger partial charge in [0.1, 0.15) is 12.2 Å². The highest BCUT2D eigenvalue weighted by atomic mass is 32.1. The van der Waals surface area contributed by atoms with Crippen LogP contribution >= 0.6 is 20.4 Å². The quantitative estimate of drug-likeness (QED) is 0.248. The van der Waals surface area contributed by atoms with Crippen LogP contribution < -0.4 is 0 Å². The van der Waals surface area contributed by atoms with Gasteiger partial charge in [-0.3, -0.25) is 0 Å². The van der Waals surface area contributed by atoms with E-state index in [9.17, 15) is 0 Å². The predicted molar refractivity (Wildman–Crippen MR) is 68.0 cm³/mol. The topological polar surface area (TPSA) is 18.5 Å². The molecule has 1 unspecified atom stereocenters. The van der Waals surface area contributed by atoms with Crippen molar-refractivity contribution in [1.82, 2.24) is 0 Å². The van der Waals surface area contributed by atoms with Gasteiger partial charge >= 0.3 is 0 Å². The molecule has 0 N–H and O–H groups in total. The van der Waals surface area contributed by atoms with E-state index in [4.69, 9.17) is 9.26 Å². The third-order valence-corrected chi connectivity index (χ3v) is 3.15. The van der Waals surface area contributed by atoms with E-state index in [-0.39, 0.29) is 0 Å². The molecule has 78 valence electrons. The lowest BCUT2D eigenvalue weighted by atomic mass is 10.4. The molecule has 0 fully saturated rings. The smallest absolute Gasteiger partial charge is 0.286 e. The summed E-state index contributed by atoms with van der Waals surface area (Å²) in [5, 5.41) is 1.08. The molecule has 4 heteroatoms. The zero-order valence-corrected chi connectivity index (χ0v) is 10.3. The molecular weight excluding hydrogens is 215 g/mol. The molecule has 0 bridgehead atoms. The first-order valence-corrected chi connectivity index (χ1v) is 6.20. The Hall–Kier alpha value is -0.500. The van der Waals surface area contributed by atoms with Gasteiger partial charge in [-0.2, -0.15) is 4.52 Å². The lowest BCUT2D eigenvalue weighted by Crippen LogP contribution is -1.77. The van der Waals surface area contributed by atoms with Crippen molar-refractivity contribution < 1.29 is 9.26 Å². The standard InChI is InChI=1S/C10H15O2PS/c1-4-10(13(3)12-9-14)7-5-6-8-11-2/h4-8H,3,9H2,1-2H3/p+1/b7-5-,8-6+,10-4+. The minimum atomic E-state index is -0.792. The van der Waals surface area contributed by atoms with Gasteiger partial charge in [-0.05, 0) is 25.2 Å². The maximum atomic E-state index is 5.29. The van der Waals surface area contributed by atoms with E-state index in [0.29, 0.717) is 5.94 Å². The minimum absolute atomic E-state index is 0.397. The van der Waals surface area contributed by atoms with E-state index < -0.39 is 7.77 Å². The summed E-state index contributed by atoms with van der Waals surface area (Å²) < 4.78 is 10.1. The van der Waals surface area contributed by atoms with Gasteiger partial charge in [0.25, 0.3) is 7.77 Å². The number of methoxy groups -OCH3 is 1. The third kappa shape index (κ3) is 6.03. The molecule has 0 heterocycles. The molecule has 0 rings (SSSR count). The van der Waals surface area contributed by atoms with Crippen LogP contribution in [0.25, 0.3) is 0 Å². The normalized spacial score (nSPS) is 13.9. The highest BCUT2D eigenvalue weighted by Gasteiger charge is 2.10. The van der Waals surface area contributed by atoms with E-state index in [2.05, 4.69) is 18.9 Å². The van der Waals surface area contributed by atoms with Crippen LogP contribution in [0.15, 0.2) is 35.9 Å². The van der Waals surface area contributed by atoms with Crippen molar-refractivity contribution in [2.24, 2.45) is 0 Å². The lowest BCUT2D eigenvalue weighted by molar-refractivity contribution is 0.338. The van der Waals surface area contributed by atoms with Crippen LogP contribution in [-0.2, 0) is 9.26 Å². The summed E-state index contributed by atoms with van der Waals surface area (Å²) >= 11 is 3.99. The van der Waals surface area contributed by atoms with E-state index in [1.54, 1.807) is 13.4 Å². The summed E-state index contributed by atoms with van der Waals surface area (Å²) in [7, 11) is 0.818. The van der Waals surface area contributed by atoms with Crippen molar-refractivity contribution in [2.75, 3.05) is 13.0 Å². The SMILES string of the molecule is C=[P+](OCS)C(/C=C\C=C\OC)=C/C. The molecule has 0 saturated carbocycles. The highest BCUT2D eigenvalue weighted by molar-refractivity contribution is 7.80. The lowest BCUT2D eigenvalue weighted by Gasteiger charge is -1.90. The first-order valence-electron chi connectivity index (χ1n) is 4.13. The van der Waals surface area contributed by atoms with E-state index in [1.165, 1.54) is 0 Å². The molecule has 0 amide bonds. The summed E-state index contributed by atoms with van der Waals surface area (Å²) in [6.07, 6.45) is 13.2. The Bertz CT molecular complexity index is 257. The molecule has 0 aliphatic carbocycles. The van der Waals surface area contributed by atoms with Gasteiger partial charge in [-0.1, -0.05) is 6.08 Å². The second-order valence-corrected chi connectivity index (χ2v) is 4.06. The van der Waals surface area contributed by atoms with Gasteiger partial charge in [0.15, 0.2) is 5.31 Å². The van der Waals surface area contributed by atoms with Crippen molar-refractivity contribution in [2.45, 2.75) is 6.92 Å². The number of rotatable bonds is 6. The van der Waals surface area contributed by atoms with Gasteiger partial charge in [0.05, 0.1) is 13.4 Å². The second-order valence-electron chi connectivity index (χ2n) is 2.27. The van der Waals surface area contributed by atoms with Gasteiger partial charge in [-0.15, -0.1) is 12.6 Å². The van der Waals surface area contributed by atoms with Crippen LogP contribution in [0.1, 0.15) is 6.92 Å². The molecule has 2 nitrogen and oxygen atoms in total. The summed E-state index contributed by atoms with van der Waals surface area (Å²) in [5.41, 5.74) is 0. The second kappa shape index (κ2) is 9.07. The average Bonchev–Trinajstić information content (AvgIpc) is 2.18. The Balaban J connectivity index is 4.23. The van der Waals surface area contributed by atoms with Crippen LogP contribution in [0.3, 0.4) is 0 Å². The number of ether oxygens (including phenoxy) is 1. The van der Waals surface area contributed by atoms with Crippen molar-refractivity contribution in [3.05, 3.63) is 35.9 Å². The molecule has 0 saturated heterocycles. The van der Waals surface area contributed by atoms with Gasteiger partial charge < -0.3 is 4.74 Å². The number of allylic oxidation sites excluding steroid dienone is 5. The third-order valence-electron chi connectivity index (χ3n) is 1.39. The van der Waals surface area contributed by atoms with Crippen molar-refractivity contribution in [3.63, 3.8) is 0 Å². The summed E-state index contributed by atoms with van der Waals surface area (Å²) in [4.78, 5) is 0. The van der Waals surface area contributed by atoms with E-state index >= 15 is 0 Å². The van der Waals surface area contributed by atoms with Crippen molar-refractivity contribution in [1.29, 1.82) is 0 Å². The predicted octanol–water partition coefficient (Wildman–Crippen LogP) is 3.34. The minimum Gasteiger partial charge on any atom is -0.504 e. The van der Waals surface area contributed by atoms with Crippen LogP contribution in [0.2, 0.25) is 0 Å². The Morgan fingerprint density at radius 2 is 2.21 bits per heavy atom. The highest BCUT2D eigenvalue weighted by Crippen LogP contribution is 2.33. The van der Waals surface area contributed by atoms with E-state index in [0.717, 1.165) is 5.31 Å². The Morgan fingerprint density at radius 3 is 2.71 bits per heavy atom. The van der Waals surface area contributed by atoms with E-state index in [1.807, 2.05) is 31.2 Å². The first kappa shape index (κ1) is 13.5. The number of thiol groups is 1. The molecule has 0 aromatic heterocycles. The molecule has 14 heavy (non-hydrogen) atoms. The van der Waals surface area contributed by atoms with Gasteiger partial charge in [0.2, 0.25) is 0 Å². The zero-order valence-electron chi connectivity index (χ0n) is 8.51. The van der Waals surface area contributed by atoms with Crippen molar-refractivity contribution >= 4 is 26.7 Å².